The zero-order valence-electron chi connectivity index (χ0n) is 16.3. The Morgan fingerprint density at radius 1 is 0.933 bits per heavy atom. The topological polar surface area (TPSA) is 76.7 Å². The van der Waals surface area contributed by atoms with Crippen LogP contribution in [0.25, 0.3) is 21.9 Å². The normalized spacial score (nSPS) is 16.3. The molecule has 1 saturated heterocycles. The Bertz CT molecular complexity index is 1280. The van der Waals surface area contributed by atoms with Gasteiger partial charge in [0.25, 0.3) is 0 Å². The molecule has 5 heteroatoms. The number of benzene rings is 3. The Kier molecular flexibility index (Phi) is 4.60. The Balaban J connectivity index is 1.56. The molecule has 30 heavy (non-hydrogen) atoms. The van der Waals surface area contributed by atoms with E-state index in [0.717, 1.165) is 42.2 Å². The fraction of sp³-hybridized carbons (Fsp3) is 0.200. The van der Waals surface area contributed by atoms with Gasteiger partial charge in [-0.05, 0) is 61.2 Å². The minimum atomic E-state index is -1.12. The van der Waals surface area contributed by atoms with Gasteiger partial charge in [-0.2, -0.15) is 0 Å². The zero-order chi connectivity index (χ0) is 20.7. The Morgan fingerprint density at radius 3 is 2.40 bits per heavy atom. The van der Waals surface area contributed by atoms with E-state index in [0.29, 0.717) is 11.1 Å². The number of carboxylic acid groups (broad SMARTS) is 1. The van der Waals surface area contributed by atoms with E-state index in [1.165, 1.54) is 11.6 Å². The van der Waals surface area contributed by atoms with Crippen LogP contribution < -0.4 is 0 Å². The van der Waals surface area contributed by atoms with Crippen LogP contribution in [0.15, 0.2) is 65.1 Å². The van der Waals surface area contributed by atoms with Crippen molar-refractivity contribution in [1.82, 2.24) is 0 Å². The predicted molar refractivity (Wildman–Crippen MR) is 113 cm³/mol. The van der Waals surface area contributed by atoms with Crippen molar-refractivity contribution in [2.75, 3.05) is 6.61 Å². The first-order chi connectivity index (χ1) is 14.6. The smallest absolute Gasteiger partial charge is 0.336 e. The molecule has 0 radical (unpaired) electrons. The standard InChI is InChI=1S/C25H20O5/c26-24(18-5-1-2-6-19(18)25(27)28)16-8-10-23-21(14-16)20-13-15(7-9-22(20)30-23)12-17-4-3-11-29-17/h1-2,5-10,13-14,17H,3-4,11-12H2,(H,27,28). The molecule has 0 saturated carbocycles. The molecule has 0 amide bonds. The predicted octanol–water partition coefficient (Wildman–Crippen LogP) is 5.24. The summed E-state index contributed by atoms with van der Waals surface area (Å²) in [6, 6.07) is 17.6. The van der Waals surface area contributed by atoms with E-state index in [2.05, 4.69) is 12.1 Å². The summed E-state index contributed by atoms with van der Waals surface area (Å²) in [5.74, 6) is -1.44. The van der Waals surface area contributed by atoms with Crippen LogP contribution in [0.2, 0.25) is 0 Å². The first kappa shape index (κ1) is 18.6. The third kappa shape index (κ3) is 3.27. The van der Waals surface area contributed by atoms with Gasteiger partial charge in [0.1, 0.15) is 11.2 Å². The molecule has 2 heterocycles. The number of fused-ring (bicyclic) bond motifs is 3. The maximum Gasteiger partial charge on any atom is 0.336 e. The Labute approximate surface area is 172 Å². The lowest BCUT2D eigenvalue weighted by molar-refractivity contribution is 0.0692. The number of carboxylic acids is 1. The van der Waals surface area contributed by atoms with Crippen LogP contribution in [0.1, 0.15) is 44.7 Å². The molecule has 0 bridgehead atoms. The highest BCUT2D eigenvalue weighted by Gasteiger charge is 2.20. The van der Waals surface area contributed by atoms with Gasteiger partial charge in [0.15, 0.2) is 5.78 Å². The van der Waals surface area contributed by atoms with E-state index in [9.17, 15) is 14.7 Å². The molecule has 0 spiro atoms. The summed E-state index contributed by atoms with van der Waals surface area (Å²) in [5, 5.41) is 11.2. The SMILES string of the molecule is O=C(O)c1ccccc1C(=O)c1ccc2oc3ccc(CC4CCCO4)cc3c2c1. The highest BCUT2D eigenvalue weighted by atomic mass is 16.5. The number of furan rings is 1. The van der Waals surface area contributed by atoms with Crippen LogP contribution in [0.3, 0.4) is 0 Å². The first-order valence-corrected chi connectivity index (χ1v) is 10.0. The minimum absolute atomic E-state index is 0.00139. The highest BCUT2D eigenvalue weighted by Crippen LogP contribution is 2.32. The van der Waals surface area contributed by atoms with Gasteiger partial charge in [-0.15, -0.1) is 0 Å². The average Bonchev–Trinajstić information content (AvgIpc) is 3.40. The summed E-state index contributed by atoms with van der Waals surface area (Å²) in [7, 11) is 0. The summed E-state index contributed by atoms with van der Waals surface area (Å²) in [6.45, 7) is 0.824. The molecule has 1 atom stereocenters. The van der Waals surface area contributed by atoms with E-state index in [1.54, 1.807) is 36.4 Å². The summed E-state index contributed by atoms with van der Waals surface area (Å²) < 4.78 is 11.7. The third-order valence-corrected chi connectivity index (χ3v) is 5.69. The fourth-order valence-electron chi connectivity index (χ4n) is 4.18. The van der Waals surface area contributed by atoms with Crippen molar-refractivity contribution >= 4 is 33.7 Å². The van der Waals surface area contributed by atoms with Crippen LogP contribution in [-0.2, 0) is 11.2 Å². The van der Waals surface area contributed by atoms with E-state index >= 15 is 0 Å². The van der Waals surface area contributed by atoms with Gasteiger partial charge in [0.2, 0.25) is 0 Å². The van der Waals surface area contributed by atoms with Crippen molar-refractivity contribution in [2.45, 2.75) is 25.4 Å². The number of carbonyl (C=O) groups is 2. The fourth-order valence-corrected chi connectivity index (χ4v) is 4.18. The second-order valence-electron chi connectivity index (χ2n) is 7.66. The molecule has 1 N–H and O–H groups in total. The van der Waals surface area contributed by atoms with Gasteiger partial charge in [-0.25, -0.2) is 4.79 Å². The molecule has 5 nitrogen and oxygen atoms in total. The van der Waals surface area contributed by atoms with Crippen LogP contribution in [0.5, 0.6) is 0 Å². The Morgan fingerprint density at radius 2 is 1.67 bits per heavy atom. The van der Waals surface area contributed by atoms with Crippen molar-refractivity contribution in [1.29, 1.82) is 0 Å². The van der Waals surface area contributed by atoms with Crippen molar-refractivity contribution in [3.63, 3.8) is 0 Å². The number of ether oxygens (including phenoxy) is 1. The van der Waals surface area contributed by atoms with Crippen molar-refractivity contribution in [3.05, 3.63) is 82.9 Å². The second-order valence-corrected chi connectivity index (χ2v) is 7.66. The van der Waals surface area contributed by atoms with Gasteiger partial charge in [0.05, 0.1) is 11.7 Å². The van der Waals surface area contributed by atoms with Crippen molar-refractivity contribution in [3.8, 4) is 0 Å². The molecule has 1 aromatic heterocycles. The third-order valence-electron chi connectivity index (χ3n) is 5.69. The average molecular weight is 400 g/mol. The van der Waals surface area contributed by atoms with Crippen LogP contribution in [0.4, 0.5) is 0 Å². The molecular weight excluding hydrogens is 380 g/mol. The molecule has 5 rings (SSSR count). The van der Waals surface area contributed by atoms with E-state index < -0.39 is 5.97 Å². The molecule has 1 aliphatic heterocycles. The second kappa shape index (κ2) is 7.43. The van der Waals surface area contributed by atoms with Crippen LogP contribution >= 0.6 is 0 Å². The molecule has 0 aliphatic carbocycles. The first-order valence-electron chi connectivity index (χ1n) is 10.0. The number of hydrogen-bond donors (Lipinski definition) is 1. The summed E-state index contributed by atoms with van der Waals surface area (Å²) in [4.78, 5) is 24.6. The number of rotatable bonds is 5. The minimum Gasteiger partial charge on any atom is -0.478 e. The summed E-state index contributed by atoms with van der Waals surface area (Å²) in [6.07, 6.45) is 3.29. The largest absolute Gasteiger partial charge is 0.478 e. The summed E-state index contributed by atoms with van der Waals surface area (Å²) >= 11 is 0. The monoisotopic (exact) mass is 400 g/mol. The van der Waals surface area contributed by atoms with Crippen LogP contribution in [0, 0.1) is 0 Å². The quantitative estimate of drug-likeness (QED) is 0.464. The lowest BCUT2D eigenvalue weighted by atomic mass is 9.97. The lowest BCUT2D eigenvalue weighted by Gasteiger charge is -2.09. The number of ketones is 1. The van der Waals surface area contributed by atoms with E-state index in [4.69, 9.17) is 9.15 Å². The number of aromatic carboxylic acids is 1. The van der Waals surface area contributed by atoms with Crippen LogP contribution in [-0.4, -0.2) is 29.6 Å². The number of carbonyl (C=O) groups excluding carboxylic acids is 1. The Hall–Kier alpha value is -3.44. The molecular formula is C25H20O5. The van der Waals surface area contributed by atoms with Gasteiger partial charge in [-0.3, -0.25) is 4.79 Å². The molecule has 1 aliphatic rings. The molecule has 150 valence electrons. The van der Waals surface area contributed by atoms with E-state index in [1.807, 2.05) is 6.07 Å². The maximum atomic E-state index is 13.1. The molecule has 3 aromatic carbocycles. The summed E-state index contributed by atoms with van der Waals surface area (Å²) in [5.41, 5.74) is 3.24. The van der Waals surface area contributed by atoms with Gasteiger partial charge in [-0.1, -0.05) is 24.3 Å². The van der Waals surface area contributed by atoms with Gasteiger partial charge < -0.3 is 14.3 Å². The highest BCUT2D eigenvalue weighted by molar-refractivity contribution is 6.16. The molecule has 4 aromatic rings. The molecule has 1 fully saturated rings. The van der Waals surface area contributed by atoms with Gasteiger partial charge >= 0.3 is 5.97 Å². The van der Waals surface area contributed by atoms with E-state index in [-0.39, 0.29) is 23.0 Å². The number of hydrogen-bond acceptors (Lipinski definition) is 4. The molecule has 1 unspecified atom stereocenters. The van der Waals surface area contributed by atoms with Gasteiger partial charge in [0, 0.05) is 28.5 Å². The zero-order valence-corrected chi connectivity index (χ0v) is 16.3. The lowest BCUT2D eigenvalue weighted by Crippen LogP contribution is -2.09. The maximum absolute atomic E-state index is 13.1. The van der Waals surface area contributed by atoms with Crippen molar-refractivity contribution in [2.24, 2.45) is 0 Å². The van der Waals surface area contributed by atoms with Crippen molar-refractivity contribution < 1.29 is 23.8 Å².